The van der Waals surface area contributed by atoms with Crippen molar-refractivity contribution < 1.29 is 38.1 Å². The van der Waals surface area contributed by atoms with E-state index in [1.165, 1.54) is 18.2 Å². The van der Waals surface area contributed by atoms with E-state index in [1.807, 2.05) is 6.92 Å². The van der Waals surface area contributed by atoms with E-state index < -0.39 is 30.2 Å². The topological polar surface area (TPSA) is 108 Å². The van der Waals surface area contributed by atoms with Crippen LogP contribution in [-0.4, -0.2) is 50.0 Å². The Morgan fingerprint density at radius 1 is 0.833 bits per heavy atom. The van der Waals surface area contributed by atoms with Crippen molar-refractivity contribution in [1.29, 1.82) is 0 Å². The monoisotopic (exact) mass is 487 g/mol. The number of carbonyl (C=O) groups excluding carboxylic acids is 4. The Morgan fingerprint density at radius 2 is 1.53 bits per heavy atom. The fourth-order valence-electron chi connectivity index (χ4n) is 3.97. The maximum Gasteiger partial charge on any atom is 0.338 e. The molecule has 5 rings (SSSR count). The number of hydrogen-bond acceptors (Lipinski definition) is 8. The van der Waals surface area contributed by atoms with Gasteiger partial charge in [-0.1, -0.05) is 0 Å². The van der Waals surface area contributed by atoms with Gasteiger partial charge in [-0.3, -0.25) is 14.4 Å². The molecule has 2 amide bonds. The molecule has 0 aromatic heterocycles. The number of carbonyl (C=O) groups is 4. The minimum absolute atomic E-state index is 0.0541. The normalized spacial score (nSPS) is 13.9. The van der Waals surface area contributed by atoms with E-state index >= 15 is 0 Å². The summed E-state index contributed by atoms with van der Waals surface area (Å²) in [5.41, 5.74) is 1.02. The molecular formula is C27H21NO8. The van der Waals surface area contributed by atoms with Crippen LogP contribution in [0.25, 0.3) is 0 Å². The van der Waals surface area contributed by atoms with E-state index in [-0.39, 0.29) is 16.7 Å². The summed E-state index contributed by atoms with van der Waals surface area (Å²) < 4.78 is 21.5. The van der Waals surface area contributed by atoms with Gasteiger partial charge in [-0.2, -0.15) is 0 Å². The summed E-state index contributed by atoms with van der Waals surface area (Å²) >= 11 is 0. The zero-order valence-electron chi connectivity index (χ0n) is 19.3. The number of rotatable bonds is 7. The van der Waals surface area contributed by atoms with Gasteiger partial charge in [0.15, 0.2) is 23.9 Å². The van der Waals surface area contributed by atoms with Gasteiger partial charge in [-0.15, -0.1) is 0 Å². The number of anilines is 1. The highest BCUT2D eigenvalue weighted by molar-refractivity contribution is 6.34. The Bertz CT molecular complexity index is 1380. The lowest BCUT2D eigenvalue weighted by Crippen LogP contribution is -2.29. The summed E-state index contributed by atoms with van der Waals surface area (Å²) in [6, 6.07) is 15.4. The molecule has 36 heavy (non-hydrogen) atoms. The first-order valence-corrected chi connectivity index (χ1v) is 11.3. The number of benzene rings is 3. The molecule has 0 spiro atoms. The number of nitrogens with zero attached hydrogens (tertiary/aromatic N) is 1. The number of hydrogen-bond donors (Lipinski definition) is 0. The number of ether oxygens (including phenoxy) is 4. The van der Waals surface area contributed by atoms with Crippen molar-refractivity contribution in [3.05, 3.63) is 82.9 Å². The summed E-state index contributed by atoms with van der Waals surface area (Å²) in [5, 5.41) is 0. The number of imide groups is 1. The molecule has 0 N–H and O–H groups in total. The van der Waals surface area contributed by atoms with Crippen LogP contribution in [0.2, 0.25) is 0 Å². The van der Waals surface area contributed by atoms with Crippen LogP contribution in [0.3, 0.4) is 0 Å². The van der Waals surface area contributed by atoms with E-state index in [4.69, 9.17) is 18.9 Å². The molecule has 2 heterocycles. The largest absolute Gasteiger partial charge is 0.494 e. The van der Waals surface area contributed by atoms with Crippen LogP contribution in [0.15, 0.2) is 60.7 Å². The van der Waals surface area contributed by atoms with Crippen molar-refractivity contribution in [1.82, 2.24) is 0 Å². The highest BCUT2D eigenvalue weighted by Crippen LogP contribution is 2.32. The molecule has 0 unspecified atom stereocenters. The molecule has 0 radical (unpaired) electrons. The van der Waals surface area contributed by atoms with Crippen molar-refractivity contribution in [2.45, 2.75) is 6.92 Å². The van der Waals surface area contributed by atoms with Gasteiger partial charge in [-0.05, 0) is 67.6 Å². The molecule has 3 aromatic rings. The van der Waals surface area contributed by atoms with Crippen LogP contribution in [-0.2, 0) is 4.74 Å². The summed E-state index contributed by atoms with van der Waals surface area (Å²) in [6.07, 6.45) is 0. The van der Waals surface area contributed by atoms with Crippen molar-refractivity contribution >= 4 is 29.3 Å². The predicted octanol–water partition coefficient (Wildman–Crippen LogP) is 3.70. The average molecular weight is 487 g/mol. The fraction of sp³-hybridized carbons (Fsp3) is 0.185. The van der Waals surface area contributed by atoms with Gasteiger partial charge in [-0.25, -0.2) is 9.69 Å². The first-order valence-electron chi connectivity index (χ1n) is 11.3. The standard InChI is InChI=1S/C27H21NO8/c1-2-33-19-7-5-18(6-8-19)28-25(30)20-9-3-17(13-21(20)26(28)31)27(32)36-15-22(29)16-4-10-23-24(14-16)35-12-11-34-23/h3-10,13-14H,2,11-12,15H2,1H3. The number of ketones is 1. The Labute approximate surface area is 206 Å². The Hall–Kier alpha value is -4.66. The second-order valence-corrected chi connectivity index (χ2v) is 7.99. The van der Waals surface area contributed by atoms with E-state index in [1.54, 1.807) is 42.5 Å². The maximum absolute atomic E-state index is 13.0. The lowest BCUT2D eigenvalue weighted by atomic mass is 10.1. The Morgan fingerprint density at radius 3 is 2.28 bits per heavy atom. The lowest BCUT2D eigenvalue weighted by molar-refractivity contribution is 0.0474. The minimum atomic E-state index is -0.788. The average Bonchev–Trinajstić information content (AvgIpc) is 3.16. The predicted molar refractivity (Wildman–Crippen MR) is 127 cm³/mol. The lowest BCUT2D eigenvalue weighted by Gasteiger charge is -2.18. The maximum atomic E-state index is 13.0. The zero-order valence-corrected chi connectivity index (χ0v) is 19.3. The molecule has 182 valence electrons. The fourth-order valence-corrected chi connectivity index (χ4v) is 3.97. The van der Waals surface area contributed by atoms with Crippen LogP contribution in [0.1, 0.15) is 48.4 Å². The van der Waals surface area contributed by atoms with Crippen LogP contribution in [0.4, 0.5) is 5.69 Å². The Kier molecular flexibility index (Phi) is 6.12. The number of esters is 1. The van der Waals surface area contributed by atoms with Gasteiger partial charge in [0.25, 0.3) is 11.8 Å². The van der Waals surface area contributed by atoms with Crippen LogP contribution in [0.5, 0.6) is 17.2 Å². The molecule has 9 heteroatoms. The third kappa shape index (κ3) is 4.26. The molecular weight excluding hydrogens is 466 g/mol. The van der Waals surface area contributed by atoms with Crippen LogP contribution in [0, 0.1) is 0 Å². The molecule has 0 saturated carbocycles. The zero-order chi connectivity index (χ0) is 25.2. The van der Waals surface area contributed by atoms with E-state index in [0.29, 0.717) is 48.3 Å². The van der Waals surface area contributed by atoms with Crippen LogP contribution >= 0.6 is 0 Å². The number of amides is 2. The van der Waals surface area contributed by atoms with Crippen molar-refractivity contribution in [2.75, 3.05) is 31.3 Å². The van der Waals surface area contributed by atoms with Crippen molar-refractivity contribution in [2.24, 2.45) is 0 Å². The minimum Gasteiger partial charge on any atom is -0.494 e. The highest BCUT2D eigenvalue weighted by atomic mass is 16.6. The summed E-state index contributed by atoms with van der Waals surface area (Å²) in [6.45, 7) is 2.67. The molecule has 3 aromatic carbocycles. The second kappa shape index (κ2) is 9.53. The molecule has 0 fully saturated rings. The van der Waals surface area contributed by atoms with E-state index in [2.05, 4.69) is 0 Å². The van der Waals surface area contributed by atoms with Gasteiger partial charge in [0.05, 0.1) is 29.0 Å². The third-order valence-electron chi connectivity index (χ3n) is 5.73. The summed E-state index contributed by atoms with van der Waals surface area (Å²) in [5.74, 6) is -0.635. The number of fused-ring (bicyclic) bond motifs is 2. The molecule has 0 aliphatic carbocycles. The van der Waals surface area contributed by atoms with Crippen molar-refractivity contribution in [3.8, 4) is 17.2 Å². The molecule has 2 aliphatic rings. The second-order valence-electron chi connectivity index (χ2n) is 7.99. The van der Waals surface area contributed by atoms with Gasteiger partial charge in [0.2, 0.25) is 0 Å². The van der Waals surface area contributed by atoms with Gasteiger partial charge in [0.1, 0.15) is 19.0 Å². The van der Waals surface area contributed by atoms with E-state index in [9.17, 15) is 19.2 Å². The molecule has 0 bridgehead atoms. The molecule has 0 atom stereocenters. The smallest absolute Gasteiger partial charge is 0.338 e. The molecule has 2 aliphatic heterocycles. The number of Topliss-reactive ketones (excluding diaryl/α,β-unsaturated/α-hetero) is 1. The van der Waals surface area contributed by atoms with Gasteiger partial charge < -0.3 is 18.9 Å². The third-order valence-corrected chi connectivity index (χ3v) is 5.73. The summed E-state index contributed by atoms with van der Waals surface area (Å²) in [4.78, 5) is 52.1. The quantitative estimate of drug-likeness (QED) is 0.282. The first-order chi connectivity index (χ1) is 17.5. The van der Waals surface area contributed by atoms with Crippen LogP contribution < -0.4 is 19.1 Å². The molecule has 0 saturated heterocycles. The first kappa shape index (κ1) is 23.1. The Balaban J connectivity index is 1.27. The SMILES string of the molecule is CCOc1ccc(N2C(=O)c3ccc(C(=O)OCC(=O)c4ccc5c(c4)OCCO5)cc3C2=O)cc1. The van der Waals surface area contributed by atoms with E-state index in [0.717, 1.165) is 4.90 Å². The van der Waals surface area contributed by atoms with Gasteiger partial charge in [0, 0.05) is 5.56 Å². The summed E-state index contributed by atoms with van der Waals surface area (Å²) in [7, 11) is 0. The molecule has 9 nitrogen and oxygen atoms in total. The highest BCUT2D eigenvalue weighted by Gasteiger charge is 2.37. The van der Waals surface area contributed by atoms with Crippen molar-refractivity contribution in [3.63, 3.8) is 0 Å². The van der Waals surface area contributed by atoms with Gasteiger partial charge >= 0.3 is 5.97 Å².